The molecular weight excluding hydrogens is 296 g/mol. The summed E-state index contributed by atoms with van der Waals surface area (Å²) in [6.45, 7) is -2.88. The maximum atomic E-state index is 12.1. The number of rotatable bonds is 6. The first kappa shape index (κ1) is 15.4. The number of hydrogen-bond acceptors (Lipinski definition) is 5. The maximum Gasteiger partial charge on any atom is 0.387 e. The monoisotopic (exact) mass is 307 g/mol. The van der Waals surface area contributed by atoms with Crippen LogP contribution >= 0.6 is 0 Å². The second-order valence-electron chi connectivity index (χ2n) is 4.12. The number of halogens is 2. The van der Waals surface area contributed by atoms with E-state index in [0.29, 0.717) is 11.3 Å². The molecular formula is C14H11F2N3O3. The van der Waals surface area contributed by atoms with E-state index in [0.717, 1.165) is 0 Å². The van der Waals surface area contributed by atoms with E-state index in [9.17, 15) is 18.9 Å². The highest BCUT2D eigenvalue weighted by molar-refractivity contribution is 5.80. The van der Waals surface area contributed by atoms with Crippen LogP contribution in [0.2, 0.25) is 0 Å². The molecule has 0 amide bonds. The third-order valence-electron chi connectivity index (χ3n) is 2.57. The number of nitro benzene ring substituents is 1. The van der Waals surface area contributed by atoms with E-state index in [1.165, 1.54) is 42.6 Å². The Morgan fingerprint density at radius 2 is 1.95 bits per heavy atom. The van der Waals surface area contributed by atoms with Crippen molar-refractivity contribution in [2.45, 2.75) is 6.61 Å². The van der Waals surface area contributed by atoms with Gasteiger partial charge < -0.3 is 4.74 Å². The average Bonchev–Trinajstić information content (AvgIpc) is 2.47. The Balaban J connectivity index is 1.98. The van der Waals surface area contributed by atoms with E-state index in [-0.39, 0.29) is 11.4 Å². The fourth-order valence-corrected chi connectivity index (χ4v) is 1.61. The second kappa shape index (κ2) is 7.11. The normalized spacial score (nSPS) is 10.9. The Morgan fingerprint density at radius 3 is 2.59 bits per heavy atom. The third kappa shape index (κ3) is 4.51. The van der Waals surface area contributed by atoms with Gasteiger partial charge in [-0.05, 0) is 29.8 Å². The van der Waals surface area contributed by atoms with Crippen LogP contribution in [0.25, 0.3) is 0 Å². The van der Waals surface area contributed by atoms with Crippen LogP contribution < -0.4 is 10.2 Å². The lowest BCUT2D eigenvalue weighted by molar-refractivity contribution is -0.384. The molecule has 0 saturated heterocycles. The predicted molar refractivity (Wildman–Crippen MR) is 77.4 cm³/mol. The van der Waals surface area contributed by atoms with Gasteiger partial charge in [0.1, 0.15) is 5.75 Å². The van der Waals surface area contributed by atoms with Gasteiger partial charge in [0.15, 0.2) is 0 Å². The van der Waals surface area contributed by atoms with Gasteiger partial charge in [0.25, 0.3) is 5.69 Å². The zero-order valence-corrected chi connectivity index (χ0v) is 11.1. The molecule has 22 heavy (non-hydrogen) atoms. The predicted octanol–water partition coefficient (Wildman–Crippen LogP) is 3.64. The van der Waals surface area contributed by atoms with Crippen LogP contribution in [0.15, 0.2) is 53.6 Å². The zero-order valence-electron chi connectivity index (χ0n) is 11.1. The van der Waals surface area contributed by atoms with Crippen molar-refractivity contribution >= 4 is 17.6 Å². The molecule has 0 aliphatic rings. The summed E-state index contributed by atoms with van der Waals surface area (Å²) < 4.78 is 28.5. The summed E-state index contributed by atoms with van der Waals surface area (Å²) >= 11 is 0. The maximum absolute atomic E-state index is 12.1. The molecule has 0 fully saturated rings. The fourth-order valence-electron chi connectivity index (χ4n) is 1.61. The largest absolute Gasteiger partial charge is 0.435 e. The molecule has 114 valence electrons. The van der Waals surface area contributed by atoms with E-state index in [1.54, 1.807) is 12.1 Å². The van der Waals surface area contributed by atoms with Gasteiger partial charge in [-0.1, -0.05) is 12.1 Å². The van der Waals surface area contributed by atoms with Gasteiger partial charge in [-0.3, -0.25) is 15.5 Å². The van der Waals surface area contributed by atoms with Crippen LogP contribution in [0, 0.1) is 10.1 Å². The molecule has 0 bridgehead atoms. The van der Waals surface area contributed by atoms with E-state index >= 15 is 0 Å². The number of nitrogens with one attached hydrogen (secondary N) is 1. The number of non-ortho nitro benzene ring substituents is 1. The van der Waals surface area contributed by atoms with Gasteiger partial charge in [0.05, 0.1) is 16.8 Å². The van der Waals surface area contributed by atoms with Gasteiger partial charge >= 0.3 is 6.61 Å². The first-order chi connectivity index (χ1) is 10.5. The highest BCUT2D eigenvalue weighted by Gasteiger charge is 2.04. The lowest BCUT2D eigenvalue weighted by Crippen LogP contribution is -2.02. The number of nitrogens with zero attached hydrogens (tertiary/aromatic N) is 2. The summed E-state index contributed by atoms with van der Waals surface area (Å²) in [5.74, 6) is 0.0364. The van der Waals surface area contributed by atoms with E-state index in [2.05, 4.69) is 15.3 Å². The number of hydrogen-bond donors (Lipinski definition) is 1. The van der Waals surface area contributed by atoms with E-state index in [1.807, 2.05) is 0 Å². The van der Waals surface area contributed by atoms with Crippen molar-refractivity contribution in [3.63, 3.8) is 0 Å². The molecule has 8 heteroatoms. The standard InChI is InChI=1S/C14H11F2N3O3/c15-14(16)22-13-3-1-2-10(8-13)9-17-18-11-4-6-12(7-5-11)19(20)21/h1-9,14,18H/b17-9+. The number of benzene rings is 2. The number of hydrazone groups is 1. The molecule has 0 aliphatic heterocycles. The number of nitro groups is 1. The van der Waals surface area contributed by atoms with Gasteiger partial charge in [-0.15, -0.1) is 0 Å². The molecule has 2 aromatic carbocycles. The second-order valence-corrected chi connectivity index (χ2v) is 4.12. The van der Waals surface area contributed by atoms with Crippen LogP contribution in [-0.4, -0.2) is 17.7 Å². The molecule has 0 atom stereocenters. The molecule has 0 unspecified atom stereocenters. The van der Waals surface area contributed by atoms with Crippen molar-refractivity contribution in [3.05, 3.63) is 64.2 Å². The minimum Gasteiger partial charge on any atom is -0.435 e. The third-order valence-corrected chi connectivity index (χ3v) is 2.57. The summed E-state index contributed by atoms with van der Waals surface area (Å²) in [5.41, 5.74) is 3.78. The van der Waals surface area contributed by atoms with Gasteiger partial charge in [0.2, 0.25) is 0 Å². The van der Waals surface area contributed by atoms with Crippen LogP contribution in [-0.2, 0) is 0 Å². The van der Waals surface area contributed by atoms with Gasteiger partial charge in [-0.25, -0.2) is 0 Å². The summed E-state index contributed by atoms with van der Waals surface area (Å²) in [6.07, 6.45) is 1.42. The molecule has 0 aliphatic carbocycles. The van der Waals surface area contributed by atoms with Gasteiger partial charge in [-0.2, -0.15) is 13.9 Å². The summed E-state index contributed by atoms with van der Waals surface area (Å²) in [5, 5.41) is 14.4. The average molecular weight is 307 g/mol. The Kier molecular flexibility index (Phi) is 4.97. The van der Waals surface area contributed by atoms with Crippen LogP contribution in [0.4, 0.5) is 20.2 Å². The number of anilines is 1. The first-order valence-electron chi connectivity index (χ1n) is 6.13. The minimum absolute atomic E-state index is 0.0219. The van der Waals surface area contributed by atoms with E-state index in [4.69, 9.17) is 0 Å². The first-order valence-corrected chi connectivity index (χ1v) is 6.13. The molecule has 0 spiro atoms. The Hall–Kier alpha value is -3.03. The SMILES string of the molecule is O=[N+]([O-])c1ccc(N/N=C/c2cccc(OC(F)F)c2)cc1. The summed E-state index contributed by atoms with van der Waals surface area (Å²) in [7, 11) is 0. The van der Waals surface area contributed by atoms with Crippen molar-refractivity contribution in [2.24, 2.45) is 5.10 Å². The Morgan fingerprint density at radius 1 is 1.23 bits per heavy atom. The zero-order chi connectivity index (χ0) is 15.9. The summed E-state index contributed by atoms with van der Waals surface area (Å²) in [4.78, 5) is 10.0. The van der Waals surface area contributed by atoms with Crippen LogP contribution in [0.3, 0.4) is 0 Å². The van der Waals surface area contributed by atoms with E-state index < -0.39 is 11.5 Å². The number of alkyl halides is 2. The van der Waals surface area contributed by atoms with Crippen LogP contribution in [0.5, 0.6) is 5.75 Å². The van der Waals surface area contributed by atoms with Crippen molar-refractivity contribution in [3.8, 4) is 5.75 Å². The molecule has 1 N–H and O–H groups in total. The molecule has 2 aromatic rings. The van der Waals surface area contributed by atoms with Crippen molar-refractivity contribution < 1.29 is 18.4 Å². The lowest BCUT2D eigenvalue weighted by Gasteiger charge is -2.04. The van der Waals surface area contributed by atoms with Gasteiger partial charge in [0, 0.05) is 12.1 Å². The highest BCUT2D eigenvalue weighted by atomic mass is 19.3. The number of ether oxygens (including phenoxy) is 1. The molecule has 2 rings (SSSR count). The molecule has 0 saturated carbocycles. The molecule has 6 nitrogen and oxygen atoms in total. The molecule has 0 heterocycles. The van der Waals surface area contributed by atoms with Crippen molar-refractivity contribution in [1.82, 2.24) is 0 Å². The van der Waals surface area contributed by atoms with Crippen molar-refractivity contribution in [2.75, 3.05) is 5.43 Å². The molecule has 0 radical (unpaired) electrons. The highest BCUT2D eigenvalue weighted by Crippen LogP contribution is 2.16. The van der Waals surface area contributed by atoms with Crippen LogP contribution in [0.1, 0.15) is 5.56 Å². The quantitative estimate of drug-likeness (QED) is 0.502. The fraction of sp³-hybridized carbons (Fsp3) is 0.0714. The summed E-state index contributed by atoms with van der Waals surface area (Å²) in [6, 6.07) is 11.7. The minimum atomic E-state index is -2.88. The Bertz CT molecular complexity index is 675. The smallest absolute Gasteiger partial charge is 0.387 e. The molecule has 0 aromatic heterocycles. The lowest BCUT2D eigenvalue weighted by atomic mass is 10.2. The Labute approximate surface area is 124 Å². The van der Waals surface area contributed by atoms with Crippen molar-refractivity contribution in [1.29, 1.82) is 0 Å². The topological polar surface area (TPSA) is 76.8 Å².